The molecule has 2 aliphatic heterocycles. The zero-order chi connectivity index (χ0) is 21.3. The van der Waals surface area contributed by atoms with Gasteiger partial charge in [-0.05, 0) is 37.7 Å². The molecule has 0 spiro atoms. The van der Waals surface area contributed by atoms with Gasteiger partial charge in [-0.15, -0.1) is 11.3 Å². The molecule has 0 bridgehead atoms. The Bertz CT molecular complexity index is 1060. The lowest BCUT2D eigenvalue weighted by Crippen LogP contribution is -2.46. The summed E-state index contributed by atoms with van der Waals surface area (Å²) < 4.78 is 22.7. The molecule has 3 aliphatic rings. The predicted octanol–water partition coefficient (Wildman–Crippen LogP) is 3.52. The summed E-state index contributed by atoms with van der Waals surface area (Å²) in [5.41, 5.74) is 2.00. The zero-order valence-corrected chi connectivity index (χ0v) is 18.7. The number of nitrogens with zero attached hydrogens (tertiary/aromatic N) is 4. The average Bonchev–Trinajstić information content (AvgIpc) is 3.47. The van der Waals surface area contributed by atoms with Gasteiger partial charge in [0.25, 0.3) is 0 Å². The van der Waals surface area contributed by atoms with Gasteiger partial charge in [-0.1, -0.05) is 5.16 Å². The highest BCUT2D eigenvalue weighted by atomic mass is 32.1. The van der Waals surface area contributed by atoms with Crippen LogP contribution < -0.4 is 10.1 Å². The molecule has 2 fully saturated rings. The van der Waals surface area contributed by atoms with Crippen molar-refractivity contribution in [3.05, 3.63) is 22.9 Å². The molecule has 0 aromatic carbocycles. The summed E-state index contributed by atoms with van der Waals surface area (Å²) in [7, 11) is 0. The first-order valence-electron chi connectivity index (χ1n) is 11.4. The number of morpholine rings is 1. The molecule has 0 unspecified atom stereocenters. The summed E-state index contributed by atoms with van der Waals surface area (Å²) in [5, 5.41) is 7.98. The number of fused-ring (bicyclic) bond motifs is 3. The van der Waals surface area contributed by atoms with Crippen molar-refractivity contribution in [3.8, 4) is 5.88 Å². The molecule has 5 heterocycles. The number of rotatable bonds is 5. The molecule has 1 N–H and O–H groups in total. The molecule has 3 aromatic heterocycles. The van der Waals surface area contributed by atoms with Gasteiger partial charge >= 0.3 is 0 Å². The highest BCUT2D eigenvalue weighted by molar-refractivity contribution is 7.18. The number of thiophene rings is 1. The Morgan fingerprint density at radius 1 is 1.06 bits per heavy atom. The Kier molecular flexibility index (Phi) is 5.68. The van der Waals surface area contributed by atoms with Crippen LogP contribution in [0.4, 0.5) is 11.6 Å². The van der Waals surface area contributed by atoms with Gasteiger partial charge in [-0.25, -0.2) is 4.98 Å². The van der Waals surface area contributed by atoms with Gasteiger partial charge in [0.15, 0.2) is 0 Å². The van der Waals surface area contributed by atoms with E-state index in [0.717, 1.165) is 75.2 Å². The Labute approximate surface area is 190 Å². The smallest absolute Gasteiger partial charge is 0.232 e. The molecule has 6 rings (SSSR count). The van der Waals surface area contributed by atoms with Crippen molar-refractivity contribution in [2.45, 2.75) is 50.9 Å². The van der Waals surface area contributed by atoms with Crippen LogP contribution in [0.2, 0.25) is 0 Å². The number of aromatic nitrogens is 3. The van der Waals surface area contributed by atoms with Gasteiger partial charge in [-0.3, -0.25) is 4.90 Å². The van der Waals surface area contributed by atoms with Gasteiger partial charge in [-0.2, -0.15) is 4.98 Å². The second-order valence-electron chi connectivity index (χ2n) is 8.57. The lowest BCUT2D eigenvalue weighted by Gasteiger charge is -2.38. The topological polar surface area (TPSA) is 94.8 Å². The molecular weight excluding hydrogens is 430 g/mol. The van der Waals surface area contributed by atoms with Crippen molar-refractivity contribution >= 4 is 33.2 Å². The summed E-state index contributed by atoms with van der Waals surface area (Å²) in [6, 6.07) is 0.640. The third kappa shape index (κ3) is 4.07. The van der Waals surface area contributed by atoms with Gasteiger partial charge in [0.05, 0.1) is 38.0 Å². The minimum Gasteiger partial charge on any atom is -0.474 e. The lowest BCUT2D eigenvalue weighted by molar-refractivity contribution is -0.00125. The van der Waals surface area contributed by atoms with Crippen molar-refractivity contribution in [1.82, 2.24) is 20.0 Å². The largest absolute Gasteiger partial charge is 0.474 e. The van der Waals surface area contributed by atoms with Gasteiger partial charge in [0, 0.05) is 24.0 Å². The number of hydrogen-bond acceptors (Lipinski definition) is 10. The van der Waals surface area contributed by atoms with E-state index in [0.29, 0.717) is 30.2 Å². The maximum Gasteiger partial charge on any atom is 0.232 e. The van der Waals surface area contributed by atoms with Crippen LogP contribution in [-0.2, 0) is 22.5 Å². The van der Waals surface area contributed by atoms with E-state index >= 15 is 0 Å². The van der Waals surface area contributed by atoms with Crippen LogP contribution in [0.3, 0.4) is 0 Å². The monoisotopic (exact) mass is 457 g/mol. The third-order valence-electron chi connectivity index (χ3n) is 6.60. The second kappa shape index (κ2) is 8.93. The van der Waals surface area contributed by atoms with E-state index in [1.54, 1.807) is 17.5 Å². The zero-order valence-electron chi connectivity index (χ0n) is 17.9. The fourth-order valence-corrected chi connectivity index (χ4v) is 6.10. The Balaban J connectivity index is 1.24. The van der Waals surface area contributed by atoms with Crippen molar-refractivity contribution < 1.29 is 18.7 Å². The van der Waals surface area contributed by atoms with Crippen LogP contribution in [0.1, 0.15) is 36.1 Å². The maximum absolute atomic E-state index is 6.58. The third-order valence-corrected chi connectivity index (χ3v) is 7.70. The summed E-state index contributed by atoms with van der Waals surface area (Å²) >= 11 is 1.67. The molecule has 0 atom stereocenters. The van der Waals surface area contributed by atoms with E-state index in [9.17, 15) is 0 Å². The van der Waals surface area contributed by atoms with E-state index in [2.05, 4.69) is 15.4 Å². The van der Waals surface area contributed by atoms with E-state index < -0.39 is 0 Å². The van der Waals surface area contributed by atoms with Crippen LogP contribution in [0.5, 0.6) is 5.88 Å². The number of ether oxygens (including phenoxy) is 3. The first kappa shape index (κ1) is 20.3. The first-order chi connectivity index (χ1) is 15.8. The minimum atomic E-state index is 0.171. The quantitative estimate of drug-likeness (QED) is 0.617. The van der Waals surface area contributed by atoms with Crippen molar-refractivity contribution in [1.29, 1.82) is 0 Å². The molecule has 0 radical (unpaired) electrons. The van der Waals surface area contributed by atoms with Crippen molar-refractivity contribution in [2.24, 2.45) is 0 Å². The SMILES string of the molecule is c1nocc1Nc1nc(O[C@H]2CC[C@H](N3CCOCC3)CC2)c2c3c(sc2n1)COCC3. The van der Waals surface area contributed by atoms with E-state index in [4.69, 9.17) is 28.7 Å². The second-order valence-corrected chi connectivity index (χ2v) is 9.66. The van der Waals surface area contributed by atoms with Gasteiger partial charge in [0.1, 0.15) is 22.9 Å². The predicted molar refractivity (Wildman–Crippen MR) is 120 cm³/mol. The molecule has 0 amide bonds. The fraction of sp³-hybridized carbons (Fsp3) is 0.591. The highest BCUT2D eigenvalue weighted by Gasteiger charge is 2.30. The summed E-state index contributed by atoms with van der Waals surface area (Å²) in [5.74, 6) is 1.18. The molecule has 9 nitrogen and oxygen atoms in total. The van der Waals surface area contributed by atoms with Crippen LogP contribution in [-0.4, -0.2) is 65.1 Å². The molecule has 1 saturated heterocycles. The Morgan fingerprint density at radius 2 is 1.94 bits per heavy atom. The lowest BCUT2D eigenvalue weighted by atomic mass is 9.91. The molecule has 32 heavy (non-hydrogen) atoms. The molecule has 10 heteroatoms. The normalized spacial score (nSPS) is 24.4. The van der Waals surface area contributed by atoms with E-state index in [1.807, 2.05) is 0 Å². The molecule has 170 valence electrons. The Hall–Kier alpha value is -2.27. The van der Waals surface area contributed by atoms with Crippen molar-refractivity contribution in [2.75, 3.05) is 38.2 Å². The minimum absolute atomic E-state index is 0.171. The first-order valence-corrected chi connectivity index (χ1v) is 12.2. The summed E-state index contributed by atoms with van der Waals surface area (Å²) in [6.45, 7) is 5.15. The summed E-state index contributed by atoms with van der Waals surface area (Å²) in [6.07, 6.45) is 8.57. The van der Waals surface area contributed by atoms with E-state index in [-0.39, 0.29) is 6.10 Å². The van der Waals surface area contributed by atoms with Gasteiger partial charge in [0.2, 0.25) is 11.8 Å². The molecule has 3 aromatic rings. The van der Waals surface area contributed by atoms with Crippen LogP contribution >= 0.6 is 11.3 Å². The van der Waals surface area contributed by atoms with Crippen molar-refractivity contribution in [3.63, 3.8) is 0 Å². The molecular formula is C22H27N5O4S. The fourth-order valence-electron chi connectivity index (χ4n) is 4.96. The highest BCUT2D eigenvalue weighted by Crippen LogP contribution is 2.40. The van der Waals surface area contributed by atoms with Crippen LogP contribution in [0.25, 0.3) is 10.2 Å². The summed E-state index contributed by atoms with van der Waals surface area (Å²) in [4.78, 5) is 14.3. The number of hydrogen-bond donors (Lipinski definition) is 1. The van der Waals surface area contributed by atoms with Gasteiger partial charge < -0.3 is 24.1 Å². The molecule has 1 aliphatic carbocycles. The molecule has 1 saturated carbocycles. The van der Waals surface area contributed by atoms with E-state index in [1.165, 1.54) is 16.7 Å². The standard InChI is InChI=1S/C22H27N5O4S/c1-3-16(4-2-15(1)27-6-9-28-10-7-27)31-20-19-17-5-8-29-13-18(17)32-21(19)26-22(25-20)24-14-11-23-30-12-14/h11-12,15-16H,1-10,13H2,(H,24,25,26)/t15-,16-. The Morgan fingerprint density at radius 3 is 2.75 bits per heavy atom. The van der Waals surface area contributed by atoms with Crippen LogP contribution in [0.15, 0.2) is 17.0 Å². The number of anilines is 2. The average molecular weight is 458 g/mol. The van der Waals surface area contributed by atoms with Crippen LogP contribution in [0, 0.1) is 0 Å². The maximum atomic E-state index is 6.58. The number of nitrogens with one attached hydrogen (secondary N) is 1.